The van der Waals surface area contributed by atoms with Crippen molar-refractivity contribution < 1.29 is 4.48 Å². The van der Waals surface area contributed by atoms with E-state index in [1.807, 2.05) is 0 Å². The van der Waals surface area contributed by atoms with Crippen LogP contribution in [0.1, 0.15) is 13.3 Å². The van der Waals surface area contributed by atoms with E-state index in [9.17, 15) is 0 Å². The van der Waals surface area contributed by atoms with Crippen LogP contribution in [-0.2, 0) is 0 Å². The molecule has 0 aromatic rings. The van der Waals surface area contributed by atoms with Gasteiger partial charge in [0.25, 0.3) is 0 Å². The fourth-order valence-corrected chi connectivity index (χ4v) is 1.21. The summed E-state index contributed by atoms with van der Waals surface area (Å²) in [4.78, 5) is 0. The van der Waals surface area contributed by atoms with Crippen molar-refractivity contribution in [1.82, 2.24) is 0 Å². The van der Waals surface area contributed by atoms with E-state index in [2.05, 4.69) is 26.1 Å². The lowest BCUT2D eigenvalue weighted by atomic mass is 10.2. The summed E-state index contributed by atoms with van der Waals surface area (Å²) in [5.74, 6) is 0. The molecule has 9 heavy (non-hydrogen) atoms. The summed E-state index contributed by atoms with van der Waals surface area (Å²) in [5.41, 5.74) is 0. The Morgan fingerprint density at radius 1 is 1.44 bits per heavy atom. The van der Waals surface area contributed by atoms with Crippen LogP contribution < -0.4 is 0 Å². The highest BCUT2D eigenvalue weighted by Gasteiger charge is 2.17. The molecule has 0 bridgehead atoms. The molecule has 1 rings (SSSR count). The number of hydrogen-bond donors (Lipinski definition) is 0. The number of rotatable bonds is 1. The lowest BCUT2D eigenvalue weighted by Gasteiger charge is -2.34. The quantitative estimate of drug-likeness (QED) is 0.368. The first-order valence-corrected chi connectivity index (χ1v) is 3.75. The van der Waals surface area contributed by atoms with E-state index in [0.29, 0.717) is 0 Å². The molecule has 52 valence electrons. The van der Waals surface area contributed by atoms with Crippen LogP contribution in [0.4, 0.5) is 0 Å². The second-order valence-corrected chi connectivity index (χ2v) is 3.10. The molecule has 1 heterocycles. The molecule has 1 nitrogen and oxygen atoms in total. The first-order valence-electron chi connectivity index (χ1n) is 3.75. The van der Waals surface area contributed by atoms with Crippen LogP contribution in [0.3, 0.4) is 0 Å². The van der Waals surface area contributed by atoms with Crippen LogP contribution in [0.2, 0.25) is 0 Å². The molecule has 0 amide bonds. The number of likely N-dealkylation sites (N-methyl/N-ethyl adjacent to an activating group) is 1. The maximum Gasteiger partial charge on any atom is 0.0971 e. The molecule has 1 unspecified atom stereocenters. The van der Waals surface area contributed by atoms with E-state index in [1.54, 1.807) is 0 Å². The number of nitrogens with zero attached hydrogens (tertiary/aromatic N) is 1. The lowest BCUT2D eigenvalue weighted by molar-refractivity contribution is -0.903. The molecule has 0 aliphatic carbocycles. The van der Waals surface area contributed by atoms with Crippen LogP contribution in [0.25, 0.3) is 0 Å². The zero-order chi connectivity index (χ0) is 6.74. The van der Waals surface area contributed by atoms with Gasteiger partial charge in [-0.1, -0.05) is 6.08 Å². The summed E-state index contributed by atoms with van der Waals surface area (Å²) < 4.78 is 1.23. The molecule has 0 N–H and O–H groups in total. The third-order valence-electron chi connectivity index (χ3n) is 2.31. The van der Waals surface area contributed by atoms with Crippen molar-refractivity contribution in [1.29, 1.82) is 0 Å². The molecular formula is C8H16N+. The predicted octanol–water partition coefficient (Wildman–Crippen LogP) is 1.41. The van der Waals surface area contributed by atoms with Gasteiger partial charge in [0.15, 0.2) is 0 Å². The number of hydrogen-bond acceptors (Lipinski definition) is 0. The average Bonchev–Trinajstić information content (AvgIpc) is 1.90. The highest BCUT2D eigenvalue weighted by molar-refractivity contribution is 4.84. The van der Waals surface area contributed by atoms with Gasteiger partial charge in [-0.15, -0.1) is 0 Å². The van der Waals surface area contributed by atoms with Gasteiger partial charge >= 0.3 is 0 Å². The minimum atomic E-state index is 1.23. The number of quaternary nitrogens is 1. The molecule has 1 aliphatic heterocycles. The van der Waals surface area contributed by atoms with Gasteiger partial charge in [0, 0.05) is 6.42 Å². The van der Waals surface area contributed by atoms with Crippen LogP contribution >= 0.6 is 0 Å². The van der Waals surface area contributed by atoms with Gasteiger partial charge in [0.05, 0.1) is 26.7 Å². The van der Waals surface area contributed by atoms with Crippen molar-refractivity contribution in [3.8, 4) is 0 Å². The SMILES string of the molecule is CC[N+]1(C)CC=CCC1. The van der Waals surface area contributed by atoms with Gasteiger partial charge in [-0.05, 0) is 13.0 Å². The van der Waals surface area contributed by atoms with E-state index >= 15 is 0 Å². The van der Waals surface area contributed by atoms with Gasteiger partial charge in [-0.3, -0.25) is 0 Å². The summed E-state index contributed by atoms with van der Waals surface area (Å²) in [6.45, 7) is 6.09. The Morgan fingerprint density at radius 3 is 2.56 bits per heavy atom. The van der Waals surface area contributed by atoms with Gasteiger partial charge < -0.3 is 4.48 Å². The van der Waals surface area contributed by atoms with Crippen molar-refractivity contribution in [3.05, 3.63) is 12.2 Å². The maximum absolute atomic E-state index is 2.32. The monoisotopic (exact) mass is 126 g/mol. The first-order chi connectivity index (χ1) is 4.27. The minimum Gasteiger partial charge on any atom is -0.323 e. The lowest BCUT2D eigenvalue weighted by Crippen LogP contribution is -2.45. The molecule has 0 spiro atoms. The zero-order valence-corrected chi connectivity index (χ0v) is 6.43. The standard InChI is InChI=1S/C8H16N/c1-3-9(2)7-5-4-6-8-9/h4-5H,3,6-8H2,1-2H3/q+1. The van der Waals surface area contributed by atoms with E-state index in [4.69, 9.17) is 0 Å². The molecule has 0 aromatic heterocycles. The van der Waals surface area contributed by atoms with Gasteiger partial charge in [-0.2, -0.15) is 0 Å². The van der Waals surface area contributed by atoms with Crippen molar-refractivity contribution >= 4 is 0 Å². The van der Waals surface area contributed by atoms with Crippen LogP contribution in [0.15, 0.2) is 12.2 Å². The third kappa shape index (κ3) is 1.55. The Kier molecular flexibility index (Phi) is 1.91. The van der Waals surface area contributed by atoms with E-state index < -0.39 is 0 Å². The summed E-state index contributed by atoms with van der Waals surface area (Å²) >= 11 is 0. The molecule has 0 aromatic carbocycles. The highest BCUT2D eigenvalue weighted by Crippen LogP contribution is 2.08. The summed E-state index contributed by atoms with van der Waals surface area (Å²) in [7, 11) is 2.32. The van der Waals surface area contributed by atoms with Gasteiger partial charge in [0.1, 0.15) is 0 Å². The average molecular weight is 126 g/mol. The first kappa shape index (κ1) is 6.81. The van der Waals surface area contributed by atoms with Crippen LogP contribution in [-0.4, -0.2) is 31.2 Å². The van der Waals surface area contributed by atoms with E-state index in [-0.39, 0.29) is 0 Å². The van der Waals surface area contributed by atoms with Gasteiger partial charge in [0.2, 0.25) is 0 Å². The molecule has 0 fully saturated rings. The largest absolute Gasteiger partial charge is 0.323 e. The Hall–Kier alpha value is -0.300. The van der Waals surface area contributed by atoms with E-state index in [0.717, 1.165) is 0 Å². The fraction of sp³-hybridized carbons (Fsp3) is 0.750. The third-order valence-corrected chi connectivity index (χ3v) is 2.31. The van der Waals surface area contributed by atoms with Crippen LogP contribution in [0, 0.1) is 0 Å². The molecule has 1 heteroatoms. The van der Waals surface area contributed by atoms with Crippen molar-refractivity contribution in [2.24, 2.45) is 0 Å². The topological polar surface area (TPSA) is 0 Å². The Bertz CT molecular complexity index is 118. The molecule has 1 atom stereocenters. The Balaban J connectivity index is 2.50. The van der Waals surface area contributed by atoms with Crippen LogP contribution in [0.5, 0.6) is 0 Å². The normalized spacial score (nSPS) is 34.9. The molecule has 0 radical (unpaired) electrons. The van der Waals surface area contributed by atoms with Crippen molar-refractivity contribution in [3.63, 3.8) is 0 Å². The fourth-order valence-electron chi connectivity index (χ4n) is 1.21. The smallest absolute Gasteiger partial charge is 0.0971 e. The zero-order valence-electron chi connectivity index (χ0n) is 6.43. The summed E-state index contributed by atoms with van der Waals surface area (Å²) in [6, 6.07) is 0. The molecular weight excluding hydrogens is 110 g/mol. The minimum absolute atomic E-state index is 1.23. The highest BCUT2D eigenvalue weighted by atomic mass is 15.3. The second-order valence-electron chi connectivity index (χ2n) is 3.10. The predicted molar refractivity (Wildman–Crippen MR) is 40.2 cm³/mol. The molecule has 0 saturated heterocycles. The molecule has 1 aliphatic rings. The second kappa shape index (κ2) is 2.53. The Morgan fingerprint density at radius 2 is 2.22 bits per heavy atom. The maximum atomic E-state index is 2.32. The van der Waals surface area contributed by atoms with Crippen molar-refractivity contribution in [2.45, 2.75) is 13.3 Å². The van der Waals surface area contributed by atoms with Gasteiger partial charge in [-0.25, -0.2) is 0 Å². The Labute approximate surface area is 57.6 Å². The molecule has 0 saturated carbocycles. The van der Waals surface area contributed by atoms with Crippen molar-refractivity contribution in [2.75, 3.05) is 26.7 Å². The summed E-state index contributed by atoms with van der Waals surface area (Å²) in [6.07, 6.45) is 5.85. The van der Waals surface area contributed by atoms with E-state index in [1.165, 1.54) is 30.5 Å². The summed E-state index contributed by atoms with van der Waals surface area (Å²) in [5, 5.41) is 0.